The van der Waals surface area contributed by atoms with Gasteiger partial charge in [-0.25, -0.2) is 13.8 Å². The molecular weight excluding hydrogens is 470 g/mol. The fraction of sp³-hybridized carbons (Fsp3) is 0.385. The summed E-state index contributed by atoms with van der Waals surface area (Å²) in [6.07, 6.45) is 1.76. The topological polar surface area (TPSA) is 80.1 Å². The highest BCUT2D eigenvalue weighted by Gasteiger charge is 2.20. The average Bonchev–Trinajstić information content (AvgIpc) is 3.37. The van der Waals surface area contributed by atoms with Gasteiger partial charge in [0.15, 0.2) is 11.7 Å². The highest BCUT2D eigenvalue weighted by atomic mass is 19.1. The third kappa shape index (κ3) is 5.66. The Labute approximate surface area is 207 Å². The minimum Gasteiger partial charge on any atom is -0.441 e. The van der Waals surface area contributed by atoms with Gasteiger partial charge in [-0.2, -0.15) is 0 Å². The summed E-state index contributed by atoms with van der Waals surface area (Å²) in [5, 5.41) is 3.03. The molecule has 0 aliphatic carbocycles. The van der Waals surface area contributed by atoms with E-state index in [0.717, 1.165) is 55.4 Å². The van der Waals surface area contributed by atoms with E-state index in [9.17, 15) is 13.6 Å². The van der Waals surface area contributed by atoms with Crippen molar-refractivity contribution in [2.24, 2.45) is 0 Å². The van der Waals surface area contributed by atoms with Crippen molar-refractivity contribution in [3.8, 4) is 11.3 Å². The van der Waals surface area contributed by atoms with Crippen LogP contribution in [0.5, 0.6) is 0 Å². The molecule has 0 spiro atoms. The lowest BCUT2D eigenvalue weighted by atomic mass is 10.1. The van der Waals surface area contributed by atoms with Gasteiger partial charge in [0.1, 0.15) is 11.6 Å². The van der Waals surface area contributed by atoms with Crippen LogP contribution in [-0.4, -0.2) is 63.5 Å². The molecule has 1 aromatic heterocycles. The first-order chi connectivity index (χ1) is 17.6. The number of halogens is 2. The number of benzene rings is 2. The molecule has 0 atom stereocenters. The Bertz CT molecular complexity index is 1210. The Balaban J connectivity index is 1.26. The second kappa shape index (κ2) is 11.0. The lowest BCUT2D eigenvalue weighted by molar-refractivity contribution is -0.116. The summed E-state index contributed by atoms with van der Waals surface area (Å²) < 4.78 is 43.8. The minimum atomic E-state index is -0.730. The van der Waals surface area contributed by atoms with E-state index in [-0.39, 0.29) is 30.1 Å². The van der Waals surface area contributed by atoms with E-state index in [2.05, 4.69) is 26.2 Å². The van der Waals surface area contributed by atoms with Gasteiger partial charge in [0.25, 0.3) is 0 Å². The first-order valence-corrected chi connectivity index (χ1v) is 12.1. The van der Waals surface area contributed by atoms with Gasteiger partial charge in [0.2, 0.25) is 5.91 Å². The number of nitrogens with one attached hydrogen (secondary N) is 1. The third-order valence-electron chi connectivity index (χ3n) is 6.30. The zero-order chi connectivity index (χ0) is 24.9. The zero-order valence-corrected chi connectivity index (χ0v) is 19.8. The highest BCUT2D eigenvalue weighted by molar-refractivity contribution is 5.95. The van der Waals surface area contributed by atoms with Crippen molar-refractivity contribution in [1.82, 2.24) is 4.98 Å². The van der Waals surface area contributed by atoms with E-state index < -0.39 is 11.6 Å². The first kappa shape index (κ1) is 24.2. The SMILES string of the molecule is O=C(CCc1ncc(-c2ccc(F)cc2F)o1)Nc1ccc(N2CCOCC2)cc1N1CCOCC1. The number of nitrogens with zero attached hydrogens (tertiary/aromatic N) is 3. The van der Waals surface area contributed by atoms with Crippen molar-refractivity contribution in [2.75, 3.05) is 67.7 Å². The maximum Gasteiger partial charge on any atom is 0.224 e. The molecule has 36 heavy (non-hydrogen) atoms. The van der Waals surface area contributed by atoms with Crippen molar-refractivity contribution < 1.29 is 27.5 Å². The number of amides is 1. The van der Waals surface area contributed by atoms with Crippen LogP contribution in [0.3, 0.4) is 0 Å². The van der Waals surface area contributed by atoms with Crippen LogP contribution in [0.1, 0.15) is 12.3 Å². The van der Waals surface area contributed by atoms with Crippen LogP contribution in [0.15, 0.2) is 47.0 Å². The van der Waals surface area contributed by atoms with Crippen LogP contribution >= 0.6 is 0 Å². The molecule has 2 aromatic carbocycles. The molecule has 2 fully saturated rings. The zero-order valence-electron chi connectivity index (χ0n) is 19.8. The minimum absolute atomic E-state index is 0.120. The summed E-state index contributed by atoms with van der Waals surface area (Å²) in [5.74, 6) is -1.08. The van der Waals surface area contributed by atoms with Gasteiger partial charge in [0, 0.05) is 50.8 Å². The van der Waals surface area contributed by atoms with Crippen molar-refractivity contribution >= 4 is 23.0 Å². The van der Waals surface area contributed by atoms with Crippen LogP contribution in [0, 0.1) is 11.6 Å². The fourth-order valence-electron chi connectivity index (χ4n) is 4.38. The van der Waals surface area contributed by atoms with Gasteiger partial charge < -0.3 is 29.0 Å². The van der Waals surface area contributed by atoms with Gasteiger partial charge in [-0.1, -0.05) is 0 Å². The van der Waals surface area contributed by atoms with E-state index in [4.69, 9.17) is 13.9 Å². The number of ether oxygens (including phenoxy) is 2. The molecule has 8 nitrogen and oxygen atoms in total. The van der Waals surface area contributed by atoms with Gasteiger partial charge in [0.05, 0.1) is 49.6 Å². The van der Waals surface area contributed by atoms with E-state index in [0.29, 0.717) is 32.3 Å². The quantitative estimate of drug-likeness (QED) is 0.530. The number of hydrogen-bond donors (Lipinski definition) is 1. The normalized spacial score (nSPS) is 16.3. The molecule has 1 N–H and O–H groups in total. The van der Waals surface area contributed by atoms with Crippen molar-refractivity contribution in [1.29, 1.82) is 0 Å². The van der Waals surface area contributed by atoms with Crippen LogP contribution < -0.4 is 15.1 Å². The lowest BCUT2D eigenvalue weighted by Gasteiger charge is -2.33. The molecule has 10 heteroatoms. The molecule has 0 bridgehead atoms. The molecule has 2 saturated heterocycles. The van der Waals surface area contributed by atoms with E-state index >= 15 is 0 Å². The number of oxazole rings is 1. The molecule has 3 heterocycles. The van der Waals surface area contributed by atoms with Crippen LogP contribution in [0.4, 0.5) is 25.8 Å². The Morgan fingerprint density at radius 2 is 1.67 bits per heavy atom. The monoisotopic (exact) mass is 498 g/mol. The standard InChI is InChI=1S/C26H28F2N4O4/c27-18-1-3-20(21(28)15-18)24-17-29-26(36-24)6-5-25(33)30-22-4-2-19(31-7-11-34-12-8-31)16-23(22)32-9-13-35-14-10-32/h1-4,15-17H,5-14H2,(H,30,33). The summed E-state index contributed by atoms with van der Waals surface area (Å²) in [5.41, 5.74) is 2.91. The van der Waals surface area contributed by atoms with Gasteiger partial charge in [-0.3, -0.25) is 4.79 Å². The van der Waals surface area contributed by atoms with Crippen LogP contribution in [0.25, 0.3) is 11.3 Å². The first-order valence-electron chi connectivity index (χ1n) is 12.1. The largest absolute Gasteiger partial charge is 0.441 e. The van der Waals surface area contributed by atoms with Crippen molar-refractivity contribution in [3.63, 3.8) is 0 Å². The Morgan fingerprint density at radius 3 is 2.39 bits per heavy atom. The molecule has 2 aliphatic heterocycles. The summed E-state index contributed by atoms with van der Waals surface area (Å²) >= 11 is 0. The van der Waals surface area contributed by atoms with Crippen LogP contribution in [0.2, 0.25) is 0 Å². The van der Waals surface area contributed by atoms with E-state index in [1.165, 1.54) is 12.3 Å². The van der Waals surface area contributed by atoms with Crippen LogP contribution in [-0.2, 0) is 20.7 Å². The molecule has 0 saturated carbocycles. The number of aromatic nitrogens is 1. The Morgan fingerprint density at radius 1 is 0.944 bits per heavy atom. The summed E-state index contributed by atoms with van der Waals surface area (Å²) in [4.78, 5) is 21.5. The third-order valence-corrected chi connectivity index (χ3v) is 6.30. The fourth-order valence-corrected chi connectivity index (χ4v) is 4.38. The van der Waals surface area contributed by atoms with Gasteiger partial charge in [-0.15, -0.1) is 0 Å². The molecular formula is C26H28F2N4O4. The number of carbonyl (C=O) groups excluding carboxylic acids is 1. The number of morpholine rings is 2. The molecule has 2 aliphatic rings. The number of anilines is 3. The van der Waals surface area contributed by atoms with Crippen molar-refractivity contribution in [3.05, 3.63) is 60.1 Å². The second-order valence-corrected chi connectivity index (χ2v) is 8.69. The molecule has 0 radical (unpaired) electrons. The smallest absolute Gasteiger partial charge is 0.224 e. The maximum atomic E-state index is 14.0. The molecule has 190 valence electrons. The van der Waals surface area contributed by atoms with Gasteiger partial charge in [-0.05, 0) is 30.3 Å². The lowest BCUT2D eigenvalue weighted by Crippen LogP contribution is -2.38. The predicted octanol–water partition coefficient (Wildman–Crippen LogP) is 3.86. The average molecular weight is 499 g/mol. The van der Waals surface area contributed by atoms with Gasteiger partial charge >= 0.3 is 0 Å². The Hall–Kier alpha value is -3.50. The summed E-state index contributed by atoms with van der Waals surface area (Å²) in [6, 6.07) is 9.32. The number of rotatable bonds is 7. The summed E-state index contributed by atoms with van der Waals surface area (Å²) in [7, 11) is 0. The Kier molecular flexibility index (Phi) is 7.43. The van der Waals surface area contributed by atoms with Crippen molar-refractivity contribution in [2.45, 2.75) is 12.8 Å². The molecule has 0 unspecified atom stereocenters. The predicted molar refractivity (Wildman–Crippen MR) is 131 cm³/mol. The highest BCUT2D eigenvalue weighted by Crippen LogP contribution is 2.32. The maximum absolute atomic E-state index is 14.0. The molecule has 3 aromatic rings. The number of hydrogen-bond acceptors (Lipinski definition) is 7. The number of carbonyl (C=O) groups is 1. The second-order valence-electron chi connectivity index (χ2n) is 8.69. The number of aryl methyl sites for hydroxylation is 1. The summed E-state index contributed by atoms with van der Waals surface area (Å²) in [6.45, 7) is 5.81. The molecule has 5 rings (SSSR count). The molecule has 1 amide bonds. The van der Waals surface area contributed by atoms with E-state index in [1.807, 2.05) is 12.1 Å². The van der Waals surface area contributed by atoms with E-state index in [1.54, 1.807) is 0 Å².